The van der Waals surface area contributed by atoms with E-state index in [1.165, 1.54) is 26.4 Å². The van der Waals surface area contributed by atoms with Gasteiger partial charge in [0.05, 0.1) is 13.7 Å². The zero-order valence-corrected chi connectivity index (χ0v) is 8.58. The quantitative estimate of drug-likeness (QED) is 0.620. The second-order valence-electron chi connectivity index (χ2n) is 3.70. The van der Waals surface area contributed by atoms with Gasteiger partial charge in [0.15, 0.2) is 0 Å². The Kier molecular flexibility index (Phi) is 4.22. The Hall–Kier alpha value is -0.570. The van der Waals surface area contributed by atoms with Gasteiger partial charge in [0.25, 0.3) is 0 Å². The van der Waals surface area contributed by atoms with E-state index in [-0.39, 0.29) is 5.97 Å². The van der Waals surface area contributed by atoms with Crippen molar-refractivity contribution in [1.29, 1.82) is 0 Å². The average Bonchev–Trinajstić information content (AvgIpc) is 2.19. The van der Waals surface area contributed by atoms with Crippen LogP contribution in [0.5, 0.6) is 0 Å². The van der Waals surface area contributed by atoms with Crippen molar-refractivity contribution in [2.24, 2.45) is 5.92 Å². The maximum atomic E-state index is 11.0. The summed E-state index contributed by atoms with van der Waals surface area (Å²) in [5.41, 5.74) is 0. The molecule has 0 aromatic rings. The first-order valence-electron chi connectivity index (χ1n) is 5.05. The highest BCUT2D eigenvalue weighted by Crippen LogP contribution is 2.19. The lowest BCUT2D eigenvalue weighted by atomic mass is 9.94. The van der Waals surface area contributed by atoms with Crippen LogP contribution in [0.15, 0.2) is 0 Å². The molecule has 13 heavy (non-hydrogen) atoms. The number of methoxy groups -OCH3 is 1. The molecule has 0 aromatic carbocycles. The van der Waals surface area contributed by atoms with Crippen molar-refractivity contribution in [3.8, 4) is 0 Å². The minimum atomic E-state index is -0.116. The molecule has 1 aliphatic heterocycles. The van der Waals surface area contributed by atoms with Crippen molar-refractivity contribution in [2.75, 3.05) is 26.7 Å². The standard InChI is InChI=1S/C10H19NO2/c1-3-9-4-6-11(7-5-9)8-10(12)13-2/h9H,3-8H2,1-2H3. The second-order valence-corrected chi connectivity index (χ2v) is 3.70. The number of piperidine rings is 1. The van der Waals surface area contributed by atoms with Gasteiger partial charge >= 0.3 is 5.97 Å². The molecule has 3 nitrogen and oxygen atoms in total. The van der Waals surface area contributed by atoms with Crippen molar-refractivity contribution in [3.05, 3.63) is 0 Å². The van der Waals surface area contributed by atoms with Crippen LogP contribution >= 0.6 is 0 Å². The number of carbonyl (C=O) groups excluding carboxylic acids is 1. The number of esters is 1. The topological polar surface area (TPSA) is 29.5 Å². The molecular weight excluding hydrogens is 166 g/mol. The van der Waals surface area contributed by atoms with Crippen LogP contribution in [-0.4, -0.2) is 37.6 Å². The Bertz CT molecular complexity index is 162. The molecule has 0 aliphatic carbocycles. The monoisotopic (exact) mass is 185 g/mol. The first-order valence-corrected chi connectivity index (χ1v) is 5.05. The predicted octanol–water partition coefficient (Wildman–Crippen LogP) is 1.28. The molecule has 3 heteroatoms. The lowest BCUT2D eigenvalue weighted by molar-refractivity contribution is -0.142. The lowest BCUT2D eigenvalue weighted by Crippen LogP contribution is -2.37. The third-order valence-corrected chi connectivity index (χ3v) is 2.86. The van der Waals surface area contributed by atoms with E-state index in [4.69, 9.17) is 0 Å². The summed E-state index contributed by atoms with van der Waals surface area (Å²) in [7, 11) is 1.45. The van der Waals surface area contributed by atoms with E-state index in [9.17, 15) is 4.79 Å². The van der Waals surface area contributed by atoms with Gasteiger partial charge in [-0.05, 0) is 31.8 Å². The minimum absolute atomic E-state index is 0.116. The predicted molar refractivity (Wildman–Crippen MR) is 51.5 cm³/mol. The molecule has 0 bridgehead atoms. The fourth-order valence-corrected chi connectivity index (χ4v) is 1.80. The first-order chi connectivity index (χ1) is 6.26. The number of carbonyl (C=O) groups is 1. The number of hydrogen-bond donors (Lipinski definition) is 0. The van der Waals surface area contributed by atoms with E-state index < -0.39 is 0 Å². The van der Waals surface area contributed by atoms with Crippen molar-refractivity contribution >= 4 is 5.97 Å². The molecule has 76 valence electrons. The highest BCUT2D eigenvalue weighted by Gasteiger charge is 2.19. The highest BCUT2D eigenvalue weighted by molar-refractivity contribution is 5.71. The fourth-order valence-electron chi connectivity index (χ4n) is 1.80. The largest absolute Gasteiger partial charge is 0.468 e. The molecule has 0 spiro atoms. The lowest BCUT2D eigenvalue weighted by Gasteiger charge is -2.30. The first kappa shape index (κ1) is 10.5. The summed E-state index contributed by atoms with van der Waals surface area (Å²) in [5.74, 6) is 0.754. The van der Waals surface area contributed by atoms with E-state index in [2.05, 4.69) is 16.6 Å². The van der Waals surface area contributed by atoms with E-state index in [1.54, 1.807) is 0 Å². The van der Waals surface area contributed by atoms with Crippen LogP contribution in [0.25, 0.3) is 0 Å². The smallest absolute Gasteiger partial charge is 0.319 e. The molecule has 1 aliphatic rings. The van der Waals surface area contributed by atoms with Gasteiger partial charge in [-0.25, -0.2) is 0 Å². The molecule has 0 atom stereocenters. The SMILES string of the molecule is CCC1CCN(CC(=O)OC)CC1. The highest BCUT2D eigenvalue weighted by atomic mass is 16.5. The van der Waals surface area contributed by atoms with Crippen molar-refractivity contribution < 1.29 is 9.53 Å². The van der Waals surface area contributed by atoms with E-state index in [0.717, 1.165) is 19.0 Å². The summed E-state index contributed by atoms with van der Waals surface area (Å²) in [6.07, 6.45) is 3.73. The van der Waals surface area contributed by atoms with Gasteiger partial charge in [-0.1, -0.05) is 13.3 Å². The molecule has 1 heterocycles. The normalized spacial score (nSPS) is 20.2. The van der Waals surface area contributed by atoms with Crippen molar-refractivity contribution in [3.63, 3.8) is 0 Å². The van der Waals surface area contributed by atoms with Gasteiger partial charge < -0.3 is 4.74 Å². The summed E-state index contributed by atoms with van der Waals surface area (Å²) in [4.78, 5) is 13.1. The molecule has 0 N–H and O–H groups in total. The number of nitrogens with zero attached hydrogens (tertiary/aromatic N) is 1. The fraction of sp³-hybridized carbons (Fsp3) is 0.900. The molecule has 0 aromatic heterocycles. The Balaban J connectivity index is 2.21. The molecule has 0 unspecified atom stereocenters. The number of rotatable bonds is 3. The summed E-state index contributed by atoms with van der Waals surface area (Å²) >= 11 is 0. The molecule has 1 rings (SSSR count). The molecular formula is C10H19NO2. The third kappa shape index (κ3) is 3.35. The van der Waals surface area contributed by atoms with Crippen LogP contribution in [0, 0.1) is 5.92 Å². The summed E-state index contributed by atoms with van der Waals surface area (Å²) in [5, 5.41) is 0. The van der Waals surface area contributed by atoms with Gasteiger partial charge in [0.1, 0.15) is 0 Å². The van der Waals surface area contributed by atoms with Gasteiger partial charge in [0.2, 0.25) is 0 Å². The van der Waals surface area contributed by atoms with Crippen LogP contribution in [0.3, 0.4) is 0 Å². The maximum Gasteiger partial charge on any atom is 0.319 e. The van der Waals surface area contributed by atoms with Crippen molar-refractivity contribution in [2.45, 2.75) is 26.2 Å². The van der Waals surface area contributed by atoms with Crippen molar-refractivity contribution in [1.82, 2.24) is 4.90 Å². The molecule has 1 saturated heterocycles. The number of hydrogen-bond acceptors (Lipinski definition) is 3. The minimum Gasteiger partial charge on any atom is -0.468 e. The van der Waals surface area contributed by atoms with Gasteiger partial charge in [0, 0.05) is 0 Å². The van der Waals surface area contributed by atoms with Crippen LogP contribution in [0.1, 0.15) is 26.2 Å². The maximum absolute atomic E-state index is 11.0. The molecule has 1 fully saturated rings. The van der Waals surface area contributed by atoms with E-state index >= 15 is 0 Å². The average molecular weight is 185 g/mol. The van der Waals surface area contributed by atoms with Crippen LogP contribution < -0.4 is 0 Å². The molecule has 0 radical (unpaired) electrons. The summed E-state index contributed by atoms with van der Waals surface area (Å²) < 4.78 is 4.63. The Morgan fingerprint density at radius 1 is 1.46 bits per heavy atom. The number of likely N-dealkylation sites (tertiary alicyclic amines) is 1. The van der Waals surface area contributed by atoms with E-state index in [0.29, 0.717) is 6.54 Å². The van der Waals surface area contributed by atoms with Gasteiger partial charge in [-0.3, -0.25) is 9.69 Å². The zero-order valence-electron chi connectivity index (χ0n) is 8.58. The van der Waals surface area contributed by atoms with Gasteiger partial charge in [-0.2, -0.15) is 0 Å². The Morgan fingerprint density at radius 2 is 2.08 bits per heavy atom. The Labute approximate surface area is 80.1 Å². The van der Waals surface area contributed by atoms with Gasteiger partial charge in [-0.15, -0.1) is 0 Å². The van der Waals surface area contributed by atoms with E-state index in [1.807, 2.05) is 0 Å². The summed E-state index contributed by atoms with van der Waals surface area (Å²) in [6, 6.07) is 0. The summed E-state index contributed by atoms with van der Waals surface area (Å²) in [6.45, 7) is 4.80. The molecule has 0 saturated carbocycles. The Morgan fingerprint density at radius 3 is 2.54 bits per heavy atom. The van der Waals surface area contributed by atoms with Crippen LogP contribution in [-0.2, 0) is 9.53 Å². The zero-order chi connectivity index (χ0) is 9.68. The molecule has 0 amide bonds. The van der Waals surface area contributed by atoms with Crippen LogP contribution in [0.4, 0.5) is 0 Å². The second kappa shape index (κ2) is 5.22. The van der Waals surface area contributed by atoms with Crippen LogP contribution in [0.2, 0.25) is 0 Å². The third-order valence-electron chi connectivity index (χ3n) is 2.86. The number of ether oxygens (including phenoxy) is 1.